The Labute approximate surface area is 119 Å². The first kappa shape index (κ1) is 14.0. The lowest BCUT2D eigenvalue weighted by atomic mass is 10.1. The molecule has 0 radical (unpaired) electrons. The minimum atomic E-state index is -0.849. The summed E-state index contributed by atoms with van der Waals surface area (Å²) in [4.78, 5) is 23.4. The van der Waals surface area contributed by atoms with Crippen molar-refractivity contribution in [1.82, 2.24) is 0 Å². The lowest BCUT2D eigenvalue weighted by Gasteiger charge is -2.10. The van der Waals surface area contributed by atoms with Crippen molar-refractivity contribution >= 4 is 33.5 Å². The first-order chi connectivity index (χ1) is 9.11. The third-order valence-corrected chi connectivity index (χ3v) is 3.27. The zero-order valence-electron chi connectivity index (χ0n) is 10.4. The fourth-order valence-corrected chi connectivity index (χ4v) is 2.23. The molecular weight excluding hydrogens is 314 g/mol. The second kappa shape index (κ2) is 6.16. The van der Waals surface area contributed by atoms with Crippen LogP contribution in [0.25, 0.3) is 0 Å². The van der Waals surface area contributed by atoms with Crippen molar-refractivity contribution in [2.24, 2.45) is 0 Å². The summed E-state index contributed by atoms with van der Waals surface area (Å²) in [5.74, 6) is -0.707. The third-order valence-electron chi connectivity index (χ3n) is 2.77. The van der Waals surface area contributed by atoms with E-state index in [0.29, 0.717) is 24.3 Å². The minimum absolute atomic E-state index is 0.240. The first-order valence-corrected chi connectivity index (χ1v) is 6.70. The Hall–Kier alpha value is -1.40. The SMILES string of the molecule is COCCCC(=O)O[C@@H]1C(=O)Nc2cc(Br)ccc21. The standard InChI is InChI=1S/C13H14BrNO4/c1-18-6-2-3-11(16)19-12-9-5-4-8(14)7-10(9)15-13(12)17/h4-5,7,12H,2-3,6H2,1H3,(H,15,17)/t12-/m0/s1. The molecule has 1 aromatic rings. The molecule has 0 spiro atoms. The van der Waals surface area contributed by atoms with Crippen LogP contribution in [0.15, 0.2) is 22.7 Å². The number of esters is 1. The molecule has 0 aliphatic carbocycles. The summed E-state index contributed by atoms with van der Waals surface area (Å²) in [7, 11) is 1.57. The van der Waals surface area contributed by atoms with E-state index in [1.807, 2.05) is 6.07 Å². The molecule has 0 unspecified atom stereocenters. The Kier molecular flexibility index (Phi) is 4.55. The molecule has 0 fully saturated rings. The van der Waals surface area contributed by atoms with Crippen LogP contribution >= 0.6 is 15.9 Å². The molecule has 0 aromatic heterocycles. The topological polar surface area (TPSA) is 64.6 Å². The predicted molar refractivity (Wildman–Crippen MR) is 72.7 cm³/mol. The zero-order valence-corrected chi connectivity index (χ0v) is 12.0. The fourth-order valence-electron chi connectivity index (χ4n) is 1.87. The molecule has 1 amide bonds. The molecule has 1 aliphatic heterocycles. The van der Waals surface area contributed by atoms with Gasteiger partial charge in [-0.1, -0.05) is 22.0 Å². The van der Waals surface area contributed by atoms with Crippen molar-refractivity contribution in [2.45, 2.75) is 18.9 Å². The van der Waals surface area contributed by atoms with Crippen molar-refractivity contribution < 1.29 is 19.1 Å². The summed E-state index contributed by atoms with van der Waals surface area (Å²) >= 11 is 3.32. The molecule has 1 aromatic carbocycles. The van der Waals surface area contributed by atoms with Crippen molar-refractivity contribution in [2.75, 3.05) is 19.0 Å². The highest BCUT2D eigenvalue weighted by molar-refractivity contribution is 9.10. The van der Waals surface area contributed by atoms with Gasteiger partial charge in [0.25, 0.3) is 5.91 Å². The minimum Gasteiger partial charge on any atom is -0.447 e. The molecular formula is C13H14BrNO4. The van der Waals surface area contributed by atoms with Gasteiger partial charge in [-0.15, -0.1) is 0 Å². The number of methoxy groups -OCH3 is 1. The van der Waals surface area contributed by atoms with Crippen molar-refractivity contribution in [3.63, 3.8) is 0 Å². The van der Waals surface area contributed by atoms with Crippen LogP contribution in [0.1, 0.15) is 24.5 Å². The molecule has 6 heteroatoms. The average Bonchev–Trinajstić information content (AvgIpc) is 2.65. The van der Waals surface area contributed by atoms with E-state index in [2.05, 4.69) is 21.2 Å². The van der Waals surface area contributed by atoms with Gasteiger partial charge in [-0.2, -0.15) is 0 Å². The van der Waals surface area contributed by atoms with E-state index in [9.17, 15) is 9.59 Å². The summed E-state index contributed by atoms with van der Waals surface area (Å²) < 4.78 is 10.9. The Morgan fingerprint density at radius 1 is 1.47 bits per heavy atom. The third kappa shape index (κ3) is 3.33. The number of nitrogens with one attached hydrogen (secondary N) is 1. The van der Waals surface area contributed by atoms with E-state index in [4.69, 9.17) is 9.47 Å². The molecule has 1 N–H and O–H groups in total. The molecule has 0 bridgehead atoms. The lowest BCUT2D eigenvalue weighted by Crippen LogP contribution is -2.19. The van der Waals surface area contributed by atoms with Crippen LogP contribution in [0.4, 0.5) is 5.69 Å². The van der Waals surface area contributed by atoms with Gasteiger partial charge in [0.15, 0.2) is 0 Å². The molecule has 19 heavy (non-hydrogen) atoms. The van der Waals surface area contributed by atoms with Crippen molar-refractivity contribution in [3.05, 3.63) is 28.2 Å². The smallest absolute Gasteiger partial charge is 0.307 e. The Morgan fingerprint density at radius 3 is 3.00 bits per heavy atom. The molecule has 1 atom stereocenters. The number of carbonyl (C=O) groups is 2. The monoisotopic (exact) mass is 327 g/mol. The summed E-state index contributed by atoms with van der Waals surface area (Å²) in [5, 5.41) is 2.69. The van der Waals surface area contributed by atoms with Gasteiger partial charge in [-0.05, 0) is 18.6 Å². The Morgan fingerprint density at radius 2 is 2.26 bits per heavy atom. The number of halogens is 1. The largest absolute Gasteiger partial charge is 0.447 e. The van der Waals surface area contributed by atoms with Crippen LogP contribution in [0.3, 0.4) is 0 Å². The maximum absolute atomic E-state index is 11.8. The van der Waals surface area contributed by atoms with Gasteiger partial charge < -0.3 is 14.8 Å². The quantitative estimate of drug-likeness (QED) is 0.666. The normalized spacial score (nSPS) is 16.9. The molecule has 102 valence electrons. The van der Waals surface area contributed by atoms with Gasteiger partial charge in [0, 0.05) is 35.9 Å². The van der Waals surface area contributed by atoms with Crippen LogP contribution in [-0.2, 0) is 19.1 Å². The lowest BCUT2D eigenvalue weighted by molar-refractivity contribution is -0.154. The van der Waals surface area contributed by atoms with Gasteiger partial charge in [0.2, 0.25) is 6.10 Å². The number of anilines is 1. The van der Waals surface area contributed by atoms with Crippen molar-refractivity contribution in [1.29, 1.82) is 0 Å². The second-order valence-corrected chi connectivity index (χ2v) is 5.10. The van der Waals surface area contributed by atoms with E-state index in [1.165, 1.54) is 0 Å². The Balaban J connectivity index is 2.02. The van der Waals surface area contributed by atoms with E-state index in [0.717, 1.165) is 4.47 Å². The number of ether oxygens (including phenoxy) is 2. The van der Waals surface area contributed by atoms with E-state index in [-0.39, 0.29) is 12.3 Å². The van der Waals surface area contributed by atoms with Crippen LogP contribution in [-0.4, -0.2) is 25.6 Å². The van der Waals surface area contributed by atoms with Gasteiger partial charge in [-0.3, -0.25) is 9.59 Å². The molecule has 1 aliphatic rings. The molecule has 1 heterocycles. The summed E-state index contributed by atoms with van der Waals surface area (Å²) in [6.07, 6.45) is -0.0291. The molecule has 0 saturated heterocycles. The van der Waals surface area contributed by atoms with Gasteiger partial charge >= 0.3 is 5.97 Å². The zero-order chi connectivity index (χ0) is 13.8. The maximum Gasteiger partial charge on any atom is 0.307 e. The fraction of sp³-hybridized carbons (Fsp3) is 0.385. The number of benzene rings is 1. The first-order valence-electron chi connectivity index (χ1n) is 5.90. The van der Waals surface area contributed by atoms with E-state index in [1.54, 1.807) is 19.2 Å². The highest BCUT2D eigenvalue weighted by Crippen LogP contribution is 2.35. The summed E-state index contributed by atoms with van der Waals surface area (Å²) in [5.41, 5.74) is 1.36. The van der Waals surface area contributed by atoms with Gasteiger partial charge in [-0.25, -0.2) is 0 Å². The maximum atomic E-state index is 11.8. The predicted octanol–water partition coefficient (Wildman–Crippen LogP) is 2.41. The van der Waals surface area contributed by atoms with E-state index >= 15 is 0 Å². The van der Waals surface area contributed by atoms with Crippen LogP contribution < -0.4 is 5.32 Å². The number of amides is 1. The van der Waals surface area contributed by atoms with Crippen LogP contribution in [0.5, 0.6) is 0 Å². The van der Waals surface area contributed by atoms with Gasteiger partial charge in [0.05, 0.1) is 0 Å². The average molecular weight is 328 g/mol. The number of fused-ring (bicyclic) bond motifs is 1. The van der Waals surface area contributed by atoms with Crippen LogP contribution in [0, 0.1) is 0 Å². The van der Waals surface area contributed by atoms with Crippen LogP contribution in [0.2, 0.25) is 0 Å². The second-order valence-electron chi connectivity index (χ2n) is 4.19. The summed E-state index contributed by atoms with van der Waals surface area (Å²) in [6, 6.07) is 5.36. The van der Waals surface area contributed by atoms with Crippen molar-refractivity contribution in [3.8, 4) is 0 Å². The number of hydrogen-bond donors (Lipinski definition) is 1. The molecule has 5 nitrogen and oxygen atoms in total. The highest BCUT2D eigenvalue weighted by Gasteiger charge is 2.33. The molecule has 2 rings (SSSR count). The number of rotatable bonds is 5. The highest BCUT2D eigenvalue weighted by atomic mass is 79.9. The van der Waals surface area contributed by atoms with Gasteiger partial charge in [0.1, 0.15) is 0 Å². The number of hydrogen-bond acceptors (Lipinski definition) is 4. The number of carbonyl (C=O) groups excluding carboxylic acids is 2. The Bertz CT molecular complexity index is 503. The van der Waals surface area contributed by atoms with E-state index < -0.39 is 12.1 Å². The summed E-state index contributed by atoms with van der Waals surface area (Å²) in [6.45, 7) is 0.496. The molecule has 0 saturated carbocycles.